The molecule has 0 N–H and O–H groups in total. The summed E-state index contributed by atoms with van der Waals surface area (Å²) in [5, 5.41) is 0. The lowest BCUT2D eigenvalue weighted by Gasteiger charge is -2.25. The summed E-state index contributed by atoms with van der Waals surface area (Å²) in [7, 11) is 0. The summed E-state index contributed by atoms with van der Waals surface area (Å²) < 4.78 is 21.7. The third-order valence-electron chi connectivity index (χ3n) is 4.00. The van der Waals surface area contributed by atoms with Gasteiger partial charge in [0.25, 0.3) is 0 Å². The maximum atomic E-state index is 5.74. The molecule has 0 unspecified atom stereocenters. The standard InChI is InChI=1S/C16H21NO4/c1-11-4-12(18-9-15-10-21-15)2-3-16(11)17(5-13-7-19-13)6-14-8-20-14/h2-4,13-15H,5-10H2,1H3/t13-,14-,15+/m1/s1. The molecule has 3 aliphatic rings. The van der Waals surface area contributed by atoms with Crippen LogP contribution in [0.25, 0.3) is 0 Å². The van der Waals surface area contributed by atoms with Gasteiger partial charge in [0.15, 0.2) is 0 Å². The fourth-order valence-corrected chi connectivity index (χ4v) is 2.54. The molecule has 0 radical (unpaired) electrons. The Balaban J connectivity index is 1.44. The molecule has 1 aromatic rings. The number of rotatable bonds is 8. The van der Waals surface area contributed by atoms with Gasteiger partial charge in [0.2, 0.25) is 0 Å². The van der Waals surface area contributed by atoms with Crippen molar-refractivity contribution in [3.8, 4) is 5.75 Å². The topological polar surface area (TPSA) is 50.1 Å². The predicted octanol–water partition coefficient (Wildman–Crippen LogP) is 1.38. The smallest absolute Gasteiger partial charge is 0.119 e. The third-order valence-corrected chi connectivity index (χ3v) is 4.00. The van der Waals surface area contributed by atoms with E-state index in [4.69, 9.17) is 18.9 Å². The molecule has 3 aliphatic heterocycles. The number of benzene rings is 1. The fourth-order valence-electron chi connectivity index (χ4n) is 2.54. The van der Waals surface area contributed by atoms with Gasteiger partial charge in [-0.15, -0.1) is 0 Å². The van der Waals surface area contributed by atoms with Gasteiger partial charge >= 0.3 is 0 Å². The highest BCUT2D eigenvalue weighted by atomic mass is 16.6. The Hall–Kier alpha value is -1.30. The molecule has 0 bridgehead atoms. The van der Waals surface area contributed by atoms with Gasteiger partial charge in [0, 0.05) is 18.8 Å². The zero-order chi connectivity index (χ0) is 14.2. The van der Waals surface area contributed by atoms with Crippen LogP contribution in [-0.2, 0) is 14.2 Å². The number of epoxide rings is 3. The van der Waals surface area contributed by atoms with Crippen LogP contribution >= 0.6 is 0 Å². The zero-order valence-corrected chi connectivity index (χ0v) is 12.3. The Morgan fingerprint density at radius 3 is 2.19 bits per heavy atom. The van der Waals surface area contributed by atoms with Crippen LogP contribution in [0.2, 0.25) is 0 Å². The van der Waals surface area contributed by atoms with E-state index >= 15 is 0 Å². The van der Waals surface area contributed by atoms with Gasteiger partial charge < -0.3 is 23.8 Å². The summed E-state index contributed by atoms with van der Waals surface area (Å²) in [6, 6.07) is 6.29. The van der Waals surface area contributed by atoms with E-state index in [-0.39, 0.29) is 0 Å². The number of hydrogen-bond acceptors (Lipinski definition) is 5. The van der Waals surface area contributed by atoms with Gasteiger partial charge in [-0.1, -0.05) is 0 Å². The first-order valence-electron chi connectivity index (χ1n) is 7.61. The lowest BCUT2D eigenvalue weighted by molar-refractivity contribution is 0.263. The molecule has 3 atom stereocenters. The molecule has 0 saturated carbocycles. The summed E-state index contributed by atoms with van der Waals surface area (Å²) in [6.07, 6.45) is 1.05. The molecule has 0 aliphatic carbocycles. The molecule has 0 aromatic heterocycles. The van der Waals surface area contributed by atoms with Gasteiger partial charge in [-0.05, 0) is 30.7 Å². The van der Waals surface area contributed by atoms with Crippen LogP contribution < -0.4 is 9.64 Å². The van der Waals surface area contributed by atoms with Crippen molar-refractivity contribution in [1.82, 2.24) is 0 Å². The second kappa shape index (κ2) is 5.48. The lowest BCUT2D eigenvalue weighted by Crippen LogP contribution is -2.32. The molecule has 4 rings (SSSR count). The maximum Gasteiger partial charge on any atom is 0.119 e. The number of aryl methyl sites for hydroxylation is 1. The average Bonchev–Trinajstić information content (AvgIpc) is 3.33. The molecule has 114 valence electrons. The summed E-state index contributed by atoms with van der Waals surface area (Å²) in [6.45, 7) is 7.24. The molecule has 21 heavy (non-hydrogen) atoms. The van der Waals surface area contributed by atoms with Crippen LogP contribution in [0.4, 0.5) is 5.69 Å². The summed E-state index contributed by atoms with van der Waals surface area (Å²) in [4.78, 5) is 2.37. The van der Waals surface area contributed by atoms with E-state index in [9.17, 15) is 0 Å². The third kappa shape index (κ3) is 3.67. The number of hydrogen-bond donors (Lipinski definition) is 0. The summed E-state index contributed by atoms with van der Waals surface area (Å²) >= 11 is 0. The predicted molar refractivity (Wildman–Crippen MR) is 78.1 cm³/mol. The molecule has 0 spiro atoms. The van der Waals surface area contributed by atoms with Crippen LogP contribution in [0.5, 0.6) is 5.75 Å². The van der Waals surface area contributed by atoms with Crippen molar-refractivity contribution in [1.29, 1.82) is 0 Å². The lowest BCUT2D eigenvalue weighted by atomic mass is 10.1. The van der Waals surface area contributed by atoms with Crippen molar-refractivity contribution in [2.24, 2.45) is 0 Å². The van der Waals surface area contributed by atoms with E-state index in [0.29, 0.717) is 24.9 Å². The van der Waals surface area contributed by atoms with E-state index in [1.807, 2.05) is 6.07 Å². The van der Waals surface area contributed by atoms with Gasteiger partial charge in [-0.2, -0.15) is 0 Å². The van der Waals surface area contributed by atoms with E-state index in [1.54, 1.807) is 0 Å². The minimum atomic E-state index is 0.292. The fraction of sp³-hybridized carbons (Fsp3) is 0.625. The van der Waals surface area contributed by atoms with Crippen LogP contribution in [0, 0.1) is 6.92 Å². The number of anilines is 1. The van der Waals surface area contributed by atoms with Crippen molar-refractivity contribution in [3.05, 3.63) is 23.8 Å². The second-order valence-electron chi connectivity index (χ2n) is 6.03. The van der Waals surface area contributed by atoms with Crippen molar-refractivity contribution < 1.29 is 18.9 Å². The van der Waals surface area contributed by atoms with Gasteiger partial charge in [0.05, 0.1) is 32.0 Å². The SMILES string of the molecule is Cc1cc(OC[C@H]2CO2)ccc1N(C[C@@H]1CO1)C[C@@H]1CO1. The van der Waals surface area contributed by atoms with Gasteiger partial charge in [-0.3, -0.25) is 0 Å². The van der Waals surface area contributed by atoms with Crippen molar-refractivity contribution in [3.63, 3.8) is 0 Å². The first-order valence-corrected chi connectivity index (χ1v) is 7.61. The highest BCUT2D eigenvalue weighted by Crippen LogP contribution is 2.28. The summed E-state index contributed by atoms with van der Waals surface area (Å²) in [5.41, 5.74) is 2.47. The van der Waals surface area contributed by atoms with Gasteiger partial charge in [0.1, 0.15) is 18.5 Å². The highest BCUT2D eigenvalue weighted by Gasteiger charge is 2.31. The van der Waals surface area contributed by atoms with Crippen molar-refractivity contribution >= 4 is 5.69 Å². The molecule has 5 nitrogen and oxygen atoms in total. The molecular formula is C16H21NO4. The Morgan fingerprint density at radius 2 is 1.67 bits per heavy atom. The molecule has 1 aromatic carbocycles. The van der Waals surface area contributed by atoms with Crippen LogP contribution in [0.1, 0.15) is 5.56 Å². The first kappa shape index (κ1) is 13.4. The Labute approximate surface area is 124 Å². The Morgan fingerprint density at radius 1 is 1.05 bits per heavy atom. The first-order chi connectivity index (χ1) is 10.3. The van der Waals surface area contributed by atoms with Crippen LogP contribution in [0.15, 0.2) is 18.2 Å². The van der Waals surface area contributed by atoms with E-state index in [1.165, 1.54) is 11.3 Å². The molecule has 3 fully saturated rings. The van der Waals surface area contributed by atoms with Crippen molar-refractivity contribution in [2.45, 2.75) is 25.2 Å². The second-order valence-corrected chi connectivity index (χ2v) is 6.03. The Bertz CT molecular complexity index is 495. The van der Waals surface area contributed by atoms with Gasteiger partial charge in [-0.25, -0.2) is 0 Å². The molecule has 5 heteroatoms. The van der Waals surface area contributed by atoms with Crippen LogP contribution in [0.3, 0.4) is 0 Å². The molecule has 3 saturated heterocycles. The normalized spacial score (nSPS) is 29.1. The highest BCUT2D eigenvalue weighted by molar-refractivity contribution is 5.56. The number of ether oxygens (including phenoxy) is 4. The van der Waals surface area contributed by atoms with E-state index in [0.717, 1.165) is 38.7 Å². The monoisotopic (exact) mass is 291 g/mol. The number of nitrogens with zero attached hydrogens (tertiary/aromatic N) is 1. The average molecular weight is 291 g/mol. The minimum absolute atomic E-state index is 0.292. The van der Waals surface area contributed by atoms with Crippen LogP contribution in [-0.4, -0.2) is 57.8 Å². The van der Waals surface area contributed by atoms with E-state index < -0.39 is 0 Å². The Kier molecular flexibility index (Phi) is 3.49. The quantitative estimate of drug-likeness (QED) is 0.677. The van der Waals surface area contributed by atoms with Crippen molar-refractivity contribution in [2.75, 3.05) is 44.4 Å². The van der Waals surface area contributed by atoms with E-state index in [2.05, 4.69) is 24.0 Å². The molecule has 0 amide bonds. The summed E-state index contributed by atoms with van der Waals surface area (Å²) in [5.74, 6) is 0.914. The molecular weight excluding hydrogens is 270 g/mol. The minimum Gasteiger partial charge on any atom is -0.491 e. The maximum absolute atomic E-state index is 5.74. The molecule has 3 heterocycles. The zero-order valence-electron chi connectivity index (χ0n) is 12.3. The largest absolute Gasteiger partial charge is 0.491 e.